The highest BCUT2D eigenvalue weighted by Gasteiger charge is 2.17. The van der Waals surface area contributed by atoms with E-state index in [0.717, 1.165) is 46.0 Å². The fourth-order valence-electron chi connectivity index (χ4n) is 2.55. The van der Waals surface area contributed by atoms with Crippen molar-refractivity contribution in [2.75, 3.05) is 11.9 Å². The van der Waals surface area contributed by atoms with Gasteiger partial charge in [0.05, 0.1) is 5.39 Å². The van der Waals surface area contributed by atoms with Gasteiger partial charge in [-0.1, -0.05) is 19.1 Å². The minimum absolute atomic E-state index is 0.225. The summed E-state index contributed by atoms with van der Waals surface area (Å²) in [6.45, 7) is 6.97. The summed E-state index contributed by atoms with van der Waals surface area (Å²) >= 11 is 1.65. The van der Waals surface area contributed by atoms with Gasteiger partial charge in [-0.2, -0.15) is 0 Å². The second kappa shape index (κ2) is 6.01. The Hall–Kier alpha value is -2.01. The highest BCUT2D eigenvalue weighted by Crippen LogP contribution is 2.40. The van der Waals surface area contributed by atoms with Crippen LogP contribution in [0.4, 0.5) is 10.2 Å². The fraction of sp³-hybridized carbons (Fsp3) is 0.294. The predicted octanol–water partition coefficient (Wildman–Crippen LogP) is 4.94. The number of halogens is 1. The van der Waals surface area contributed by atoms with Gasteiger partial charge in [-0.25, -0.2) is 14.4 Å². The zero-order valence-electron chi connectivity index (χ0n) is 12.9. The lowest BCUT2D eigenvalue weighted by Gasteiger charge is -2.09. The molecule has 2 aromatic heterocycles. The maximum Gasteiger partial charge on any atom is 0.139 e. The molecular formula is C17H18FN3S. The molecule has 1 N–H and O–H groups in total. The Balaban J connectivity index is 2.24. The molecule has 5 heteroatoms. The smallest absolute Gasteiger partial charge is 0.139 e. The highest BCUT2D eigenvalue weighted by molar-refractivity contribution is 7.19. The molecule has 0 atom stereocenters. The Kier molecular flexibility index (Phi) is 4.07. The molecule has 2 heterocycles. The Labute approximate surface area is 133 Å². The van der Waals surface area contributed by atoms with Crippen molar-refractivity contribution >= 4 is 27.4 Å². The number of anilines is 1. The SMILES string of the molecule is CCCNc1nc(C)nc2sc(C)c(-c3ccc(F)cc3)c12. The molecule has 0 saturated carbocycles. The molecule has 114 valence electrons. The van der Waals surface area contributed by atoms with E-state index in [1.807, 2.05) is 19.1 Å². The number of rotatable bonds is 4. The zero-order valence-corrected chi connectivity index (χ0v) is 13.7. The average Bonchev–Trinajstić information content (AvgIpc) is 2.81. The van der Waals surface area contributed by atoms with Gasteiger partial charge < -0.3 is 5.32 Å². The lowest BCUT2D eigenvalue weighted by atomic mass is 10.0. The number of hydrogen-bond acceptors (Lipinski definition) is 4. The molecular weight excluding hydrogens is 297 g/mol. The summed E-state index contributed by atoms with van der Waals surface area (Å²) in [5.41, 5.74) is 2.09. The Bertz CT molecular complexity index is 809. The standard InChI is InChI=1S/C17H18FN3S/c1-4-9-19-16-15-14(12-5-7-13(18)8-6-12)10(2)22-17(15)21-11(3)20-16/h5-8H,4,9H2,1-3H3,(H,19,20,21). The van der Waals surface area contributed by atoms with Gasteiger partial charge in [-0.15, -0.1) is 11.3 Å². The first kappa shape index (κ1) is 14.9. The summed E-state index contributed by atoms with van der Waals surface area (Å²) < 4.78 is 13.2. The second-order valence-corrected chi connectivity index (χ2v) is 6.47. The van der Waals surface area contributed by atoms with E-state index in [2.05, 4.69) is 29.1 Å². The third-order valence-electron chi connectivity index (χ3n) is 3.51. The van der Waals surface area contributed by atoms with Crippen molar-refractivity contribution in [3.05, 3.63) is 40.8 Å². The van der Waals surface area contributed by atoms with E-state index in [1.54, 1.807) is 11.3 Å². The third kappa shape index (κ3) is 2.68. The van der Waals surface area contributed by atoms with Gasteiger partial charge in [0.1, 0.15) is 22.3 Å². The van der Waals surface area contributed by atoms with E-state index in [4.69, 9.17) is 0 Å². The molecule has 0 bridgehead atoms. The van der Waals surface area contributed by atoms with E-state index in [-0.39, 0.29) is 5.82 Å². The number of nitrogens with zero attached hydrogens (tertiary/aromatic N) is 2. The largest absolute Gasteiger partial charge is 0.369 e. The van der Waals surface area contributed by atoms with Crippen LogP contribution in [0.5, 0.6) is 0 Å². The summed E-state index contributed by atoms with van der Waals surface area (Å²) in [5.74, 6) is 1.41. The van der Waals surface area contributed by atoms with Crippen LogP contribution < -0.4 is 5.32 Å². The first-order chi connectivity index (χ1) is 10.6. The van der Waals surface area contributed by atoms with Crippen LogP contribution in [0.15, 0.2) is 24.3 Å². The van der Waals surface area contributed by atoms with E-state index < -0.39 is 0 Å². The Morgan fingerprint density at radius 3 is 2.55 bits per heavy atom. The first-order valence-corrected chi connectivity index (χ1v) is 8.19. The monoisotopic (exact) mass is 315 g/mol. The maximum atomic E-state index is 13.2. The van der Waals surface area contributed by atoms with Gasteiger partial charge in [-0.05, 0) is 38.0 Å². The van der Waals surface area contributed by atoms with Crippen molar-refractivity contribution < 1.29 is 4.39 Å². The molecule has 3 rings (SSSR count). The summed E-state index contributed by atoms with van der Waals surface area (Å²) in [4.78, 5) is 11.3. The lowest BCUT2D eigenvalue weighted by molar-refractivity contribution is 0.628. The molecule has 0 unspecified atom stereocenters. The van der Waals surface area contributed by atoms with Gasteiger partial charge in [-0.3, -0.25) is 0 Å². The highest BCUT2D eigenvalue weighted by atomic mass is 32.1. The zero-order chi connectivity index (χ0) is 15.7. The van der Waals surface area contributed by atoms with Crippen LogP contribution in [0.25, 0.3) is 21.3 Å². The molecule has 0 aliphatic heterocycles. The molecule has 3 nitrogen and oxygen atoms in total. The number of thiophene rings is 1. The number of aryl methyl sites for hydroxylation is 2. The van der Waals surface area contributed by atoms with Crippen molar-refractivity contribution in [2.24, 2.45) is 0 Å². The van der Waals surface area contributed by atoms with Gasteiger partial charge >= 0.3 is 0 Å². The Morgan fingerprint density at radius 2 is 1.86 bits per heavy atom. The number of benzene rings is 1. The van der Waals surface area contributed by atoms with E-state index in [1.165, 1.54) is 17.0 Å². The molecule has 0 radical (unpaired) electrons. The minimum Gasteiger partial charge on any atom is -0.369 e. The summed E-state index contributed by atoms with van der Waals surface area (Å²) in [6, 6.07) is 6.61. The molecule has 0 spiro atoms. The Morgan fingerprint density at radius 1 is 1.14 bits per heavy atom. The normalized spacial score (nSPS) is 11.1. The van der Waals surface area contributed by atoms with E-state index >= 15 is 0 Å². The predicted molar refractivity (Wildman–Crippen MR) is 91.1 cm³/mol. The fourth-order valence-corrected chi connectivity index (χ4v) is 3.64. The molecule has 0 amide bonds. The van der Waals surface area contributed by atoms with Crippen molar-refractivity contribution in [2.45, 2.75) is 27.2 Å². The first-order valence-electron chi connectivity index (χ1n) is 7.37. The number of fused-ring (bicyclic) bond motifs is 1. The second-order valence-electron chi connectivity index (χ2n) is 5.27. The van der Waals surface area contributed by atoms with Crippen molar-refractivity contribution in [3.63, 3.8) is 0 Å². The van der Waals surface area contributed by atoms with Gasteiger partial charge in [0.2, 0.25) is 0 Å². The van der Waals surface area contributed by atoms with Crippen molar-refractivity contribution in [1.82, 2.24) is 9.97 Å². The van der Waals surface area contributed by atoms with Crippen molar-refractivity contribution in [3.8, 4) is 11.1 Å². The van der Waals surface area contributed by atoms with Gasteiger partial charge in [0.15, 0.2) is 0 Å². The molecule has 0 fully saturated rings. The van der Waals surface area contributed by atoms with E-state index in [0.29, 0.717) is 0 Å². The van der Waals surface area contributed by atoms with Crippen LogP contribution in [0.2, 0.25) is 0 Å². The van der Waals surface area contributed by atoms with Gasteiger partial charge in [0.25, 0.3) is 0 Å². The quantitative estimate of drug-likeness (QED) is 0.741. The van der Waals surface area contributed by atoms with Crippen LogP contribution in [-0.4, -0.2) is 16.5 Å². The van der Waals surface area contributed by atoms with Crippen LogP contribution in [0.1, 0.15) is 24.0 Å². The molecule has 1 aromatic carbocycles. The molecule has 0 aliphatic rings. The minimum atomic E-state index is -0.225. The van der Waals surface area contributed by atoms with E-state index in [9.17, 15) is 4.39 Å². The van der Waals surface area contributed by atoms with Crippen molar-refractivity contribution in [1.29, 1.82) is 0 Å². The van der Waals surface area contributed by atoms with Crippen LogP contribution in [-0.2, 0) is 0 Å². The van der Waals surface area contributed by atoms with Crippen LogP contribution in [0.3, 0.4) is 0 Å². The average molecular weight is 315 g/mol. The maximum absolute atomic E-state index is 13.2. The molecule has 22 heavy (non-hydrogen) atoms. The molecule has 3 aromatic rings. The van der Waals surface area contributed by atoms with Gasteiger partial charge in [0, 0.05) is 17.0 Å². The van der Waals surface area contributed by atoms with Crippen LogP contribution in [0, 0.1) is 19.7 Å². The number of aromatic nitrogens is 2. The van der Waals surface area contributed by atoms with Crippen LogP contribution >= 0.6 is 11.3 Å². The summed E-state index contributed by atoms with van der Waals surface area (Å²) in [7, 11) is 0. The molecule has 0 saturated heterocycles. The number of hydrogen-bond donors (Lipinski definition) is 1. The topological polar surface area (TPSA) is 37.8 Å². The lowest BCUT2D eigenvalue weighted by Crippen LogP contribution is -2.04. The summed E-state index contributed by atoms with van der Waals surface area (Å²) in [5, 5.41) is 4.43. The number of nitrogens with one attached hydrogen (secondary N) is 1. The third-order valence-corrected chi connectivity index (χ3v) is 4.51. The molecule has 0 aliphatic carbocycles. The summed E-state index contributed by atoms with van der Waals surface area (Å²) in [6.07, 6.45) is 1.03.